The van der Waals surface area contributed by atoms with E-state index in [0.717, 1.165) is 43.1 Å². The number of carbonyl (C=O) groups is 1. The molecular weight excluding hydrogens is 400 g/mol. The van der Waals surface area contributed by atoms with Crippen LogP contribution in [0.2, 0.25) is 0 Å². The number of anilines is 1. The molecule has 0 aliphatic carbocycles. The maximum absolute atomic E-state index is 12.7. The molecule has 3 rings (SSSR count). The largest absolute Gasteiger partial charge is 0.497 e. The van der Waals surface area contributed by atoms with E-state index in [1.54, 1.807) is 20.1 Å². The zero-order valence-electron chi connectivity index (χ0n) is 20.1. The van der Waals surface area contributed by atoms with Gasteiger partial charge < -0.3 is 14.5 Å². The molecule has 2 heterocycles. The molecule has 0 unspecified atom stereocenters. The summed E-state index contributed by atoms with van der Waals surface area (Å²) in [4.78, 5) is 26.9. The van der Waals surface area contributed by atoms with Gasteiger partial charge in [0.05, 0.1) is 18.5 Å². The van der Waals surface area contributed by atoms with E-state index in [4.69, 9.17) is 9.73 Å². The quantitative estimate of drug-likeness (QED) is 0.489. The second-order valence-corrected chi connectivity index (χ2v) is 9.24. The molecule has 0 atom stereocenters. The number of carbonyl (C=O) groups excluding carboxylic acids is 1. The van der Waals surface area contributed by atoms with Crippen molar-refractivity contribution in [1.82, 2.24) is 9.88 Å². The number of methoxy groups -OCH3 is 1. The lowest BCUT2D eigenvalue weighted by Crippen LogP contribution is -2.45. The van der Waals surface area contributed by atoms with Crippen molar-refractivity contribution in [3.8, 4) is 5.75 Å². The highest BCUT2D eigenvalue weighted by Gasteiger charge is 2.25. The number of nitrogens with zero attached hydrogens (tertiary/aromatic N) is 4. The standard InChI is InChI=1S/C26H34N4O2/c1-8-22(20-10-9-11-27-25(20)30-14-12-29(6)13-15-30)28-23-17-19(32-7)16-21(26(3,4)5)24(23)18(2)31/h8-11,16-17H,1,12-15H2,2-7H3/b28-22+. The zero-order valence-corrected chi connectivity index (χ0v) is 20.1. The molecule has 0 saturated carbocycles. The van der Waals surface area contributed by atoms with Crippen molar-refractivity contribution in [3.05, 3.63) is 59.8 Å². The highest BCUT2D eigenvalue weighted by atomic mass is 16.5. The predicted molar refractivity (Wildman–Crippen MR) is 132 cm³/mol. The molecule has 6 heteroatoms. The van der Waals surface area contributed by atoms with E-state index in [1.807, 2.05) is 30.5 Å². The van der Waals surface area contributed by atoms with Gasteiger partial charge in [-0.3, -0.25) is 4.79 Å². The Hall–Kier alpha value is -2.99. The Kier molecular flexibility index (Phi) is 7.14. The molecule has 1 aliphatic rings. The number of allylic oxidation sites excluding steroid dienone is 1. The van der Waals surface area contributed by atoms with Crippen LogP contribution in [-0.2, 0) is 5.41 Å². The SMILES string of the molecule is C=C/C(=N\c1cc(OC)cc(C(C)(C)C)c1C(C)=O)c1cccnc1N1CCN(C)CC1. The number of hydrogen-bond acceptors (Lipinski definition) is 6. The molecule has 1 aliphatic heterocycles. The van der Waals surface area contributed by atoms with Crippen molar-refractivity contribution in [2.75, 3.05) is 45.2 Å². The van der Waals surface area contributed by atoms with Crippen LogP contribution < -0.4 is 9.64 Å². The number of hydrogen-bond donors (Lipinski definition) is 0. The van der Waals surface area contributed by atoms with Gasteiger partial charge in [0.15, 0.2) is 5.78 Å². The van der Waals surface area contributed by atoms with Gasteiger partial charge in [0.25, 0.3) is 0 Å². The third-order valence-electron chi connectivity index (χ3n) is 5.79. The maximum atomic E-state index is 12.7. The van der Waals surface area contributed by atoms with Gasteiger partial charge in [0.2, 0.25) is 0 Å². The van der Waals surface area contributed by atoms with Crippen LogP contribution in [0.1, 0.15) is 49.2 Å². The lowest BCUT2D eigenvalue weighted by molar-refractivity contribution is 0.101. The van der Waals surface area contributed by atoms with Gasteiger partial charge in [-0.25, -0.2) is 9.98 Å². The van der Waals surface area contributed by atoms with E-state index in [2.05, 4.69) is 49.2 Å². The summed E-state index contributed by atoms with van der Waals surface area (Å²) in [5, 5.41) is 0. The molecule has 1 aromatic heterocycles. The monoisotopic (exact) mass is 434 g/mol. The van der Waals surface area contributed by atoms with Crippen LogP contribution in [0, 0.1) is 0 Å². The Bertz CT molecular complexity index is 1030. The molecule has 32 heavy (non-hydrogen) atoms. The molecule has 2 aromatic rings. The first-order valence-electron chi connectivity index (χ1n) is 11.0. The number of rotatable bonds is 6. The first-order chi connectivity index (χ1) is 15.2. The summed E-state index contributed by atoms with van der Waals surface area (Å²) in [6, 6.07) is 7.68. The van der Waals surface area contributed by atoms with Crippen molar-refractivity contribution in [2.45, 2.75) is 33.1 Å². The van der Waals surface area contributed by atoms with Gasteiger partial charge in [-0.05, 0) is 49.2 Å². The third kappa shape index (κ3) is 5.07. The summed E-state index contributed by atoms with van der Waals surface area (Å²) < 4.78 is 5.54. The number of Topliss-reactive ketones (excluding diaryl/α,β-unsaturated/α-hetero) is 1. The molecular formula is C26H34N4O2. The van der Waals surface area contributed by atoms with Crippen LogP contribution in [-0.4, -0.2) is 61.7 Å². The molecule has 1 aromatic carbocycles. The number of aliphatic imine (C=N–C) groups is 1. The molecule has 0 radical (unpaired) electrons. The van der Waals surface area contributed by atoms with E-state index in [1.165, 1.54) is 0 Å². The van der Waals surface area contributed by atoms with Crippen molar-refractivity contribution < 1.29 is 9.53 Å². The second-order valence-electron chi connectivity index (χ2n) is 9.24. The Morgan fingerprint density at radius 3 is 2.47 bits per heavy atom. The molecule has 1 saturated heterocycles. The van der Waals surface area contributed by atoms with E-state index < -0.39 is 0 Å². The van der Waals surface area contributed by atoms with Gasteiger partial charge in [0.1, 0.15) is 11.6 Å². The predicted octanol–water partition coefficient (Wildman–Crippen LogP) is 4.65. The number of piperazine rings is 1. The first kappa shape index (κ1) is 23.7. The summed E-state index contributed by atoms with van der Waals surface area (Å²) in [5.41, 5.74) is 3.46. The van der Waals surface area contributed by atoms with Crippen LogP contribution in [0.15, 0.2) is 48.1 Å². The topological polar surface area (TPSA) is 58.0 Å². The van der Waals surface area contributed by atoms with E-state index >= 15 is 0 Å². The third-order valence-corrected chi connectivity index (χ3v) is 5.79. The second kappa shape index (κ2) is 9.65. The van der Waals surface area contributed by atoms with Crippen LogP contribution >= 0.6 is 0 Å². The van der Waals surface area contributed by atoms with Crippen LogP contribution in [0.5, 0.6) is 5.75 Å². The molecule has 6 nitrogen and oxygen atoms in total. The van der Waals surface area contributed by atoms with Gasteiger partial charge in [-0.1, -0.05) is 27.4 Å². The average Bonchev–Trinajstić information content (AvgIpc) is 2.76. The van der Waals surface area contributed by atoms with E-state index in [9.17, 15) is 4.79 Å². The fraction of sp³-hybridized carbons (Fsp3) is 0.423. The van der Waals surface area contributed by atoms with E-state index in [0.29, 0.717) is 22.7 Å². The summed E-state index contributed by atoms with van der Waals surface area (Å²) in [6.45, 7) is 15.6. The minimum atomic E-state index is -0.243. The Morgan fingerprint density at radius 2 is 1.91 bits per heavy atom. The van der Waals surface area contributed by atoms with Crippen LogP contribution in [0.3, 0.4) is 0 Å². The zero-order chi connectivity index (χ0) is 23.5. The van der Waals surface area contributed by atoms with Crippen molar-refractivity contribution >= 4 is 23.0 Å². The number of ketones is 1. The van der Waals surface area contributed by atoms with E-state index in [-0.39, 0.29) is 11.2 Å². The lowest BCUT2D eigenvalue weighted by atomic mass is 9.82. The summed E-state index contributed by atoms with van der Waals surface area (Å²) >= 11 is 0. The summed E-state index contributed by atoms with van der Waals surface area (Å²) in [6.07, 6.45) is 3.54. The van der Waals surface area contributed by atoms with Crippen LogP contribution in [0.4, 0.5) is 11.5 Å². The maximum Gasteiger partial charge on any atom is 0.162 e. The van der Waals surface area contributed by atoms with Gasteiger partial charge >= 0.3 is 0 Å². The lowest BCUT2D eigenvalue weighted by Gasteiger charge is -2.34. The molecule has 0 N–H and O–H groups in total. The number of likely N-dealkylation sites (N-methyl/N-ethyl adjacent to an activating group) is 1. The first-order valence-corrected chi connectivity index (χ1v) is 11.0. The number of aromatic nitrogens is 1. The van der Waals surface area contributed by atoms with Crippen molar-refractivity contribution in [3.63, 3.8) is 0 Å². The number of pyridine rings is 1. The molecule has 170 valence electrons. The fourth-order valence-corrected chi connectivity index (χ4v) is 3.98. The molecule has 0 amide bonds. The Labute approximate surface area is 191 Å². The number of benzene rings is 1. The van der Waals surface area contributed by atoms with Gasteiger partial charge in [0, 0.05) is 49.6 Å². The van der Waals surface area contributed by atoms with Crippen molar-refractivity contribution in [2.24, 2.45) is 4.99 Å². The molecule has 1 fully saturated rings. The highest BCUT2D eigenvalue weighted by Crippen LogP contribution is 2.37. The van der Waals surface area contributed by atoms with Gasteiger partial charge in [-0.15, -0.1) is 0 Å². The molecule has 0 spiro atoms. The fourth-order valence-electron chi connectivity index (χ4n) is 3.98. The minimum Gasteiger partial charge on any atom is -0.497 e. The minimum absolute atomic E-state index is 0.0229. The smallest absolute Gasteiger partial charge is 0.162 e. The normalized spacial score (nSPS) is 15.6. The Balaban J connectivity index is 2.18. The summed E-state index contributed by atoms with van der Waals surface area (Å²) in [5.74, 6) is 1.54. The highest BCUT2D eigenvalue weighted by molar-refractivity contribution is 6.13. The summed E-state index contributed by atoms with van der Waals surface area (Å²) in [7, 11) is 3.76. The van der Waals surface area contributed by atoms with Crippen molar-refractivity contribution in [1.29, 1.82) is 0 Å². The van der Waals surface area contributed by atoms with Crippen LogP contribution in [0.25, 0.3) is 0 Å². The molecule has 0 bridgehead atoms. The Morgan fingerprint density at radius 1 is 1.22 bits per heavy atom. The average molecular weight is 435 g/mol. The number of ether oxygens (including phenoxy) is 1. The van der Waals surface area contributed by atoms with Gasteiger partial charge in [-0.2, -0.15) is 0 Å².